The highest BCUT2D eigenvalue weighted by Crippen LogP contribution is 2.48. The van der Waals surface area contributed by atoms with Crippen molar-refractivity contribution in [3.8, 4) is 5.75 Å². The number of phenols is 1. The molecule has 5 nitrogen and oxygen atoms in total. The maximum absolute atomic E-state index is 12.2. The second kappa shape index (κ2) is 4.81. The molecule has 3 rings (SSSR count). The summed E-state index contributed by atoms with van der Waals surface area (Å²) in [7, 11) is 0. The summed E-state index contributed by atoms with van der Waals surface area (Å²) in [5, 5.41) is 21.8. The van der Waals surface area contributed by atoms with Crippen LogP contribution >= 0.6 is 0 Å². The molecule has 3 N–H and O–H groups in total. The van der Waals surface area contributed by atoms with Gasteiger partial charge in [-0.05, 0) is 43.2 Å². The molecule has 0 radical (unpaired) electrons. The topological polar surface area (TPSA) is 86.6 Å². The molecule has 2 saturated carbocycles. The van der Waals surface area contributed by atoms with E-state index in [1.807, 2.05) is 0 Å². The van der Waals surface area contributed by atoms with Crippen molar-refractivity contribution in [3.63, 3.8) is 0 Å². The molecule has 20 heavy (non-hydrogen) atoms. The third-order valence-corrected chi connectivity index (χ3v) is 4.65. The summed E-state index contributed by atoms with van der Waals surface area (Å²) < 4.78 is 0. The lowest BCUT2D eigenvalue weighted by Crippen LogP contribution is -2.46. The summed E-state index contributed by atoms with van der Waals surface area (Å²) in [4.78, 5) is 23.6. The van der Waals surface area contributed by atoms with Gasteiger partial charge in [-0.1, -0.05) is 12.1 Å². The van der Waals surface area contributed by atoms with Crippen LogP contribution in [0.15, 0.2) is 24.3 Å². The summed E-state index contributed by atoms with van der Waals surface area (Å²) in [6, 6.07) is 5.98. The van der Waals surface area contributed by atoms with Crippen LogP contribution in [-0.4, -0.2) is 28.1 Å². The number of aromatic hydroxyl groups is 1. The molecule has 4 unspecified atom stereocenters. The largest absolute Gasteiger partial charge is 0.507 e. The standard InChI is InChI=1S/C15H17NO4/c17-11-4-2-1-3-10(11)14(18)16-13-9-6-5-8(7-9)12(13)15(19)20/h1-4,8-9,12-13,17H,5-7H2,(H,16,18)(H,19,20). The highest BCUT2D eigenvalue weighted by molar-refractivity contribution is 5.97. The van der Waals surface area contributed by atoms with Gasteiger partial charge < -0.3 is 15.5 Å². The third kappa shape index (κ3) is 2.03. The molecule has 1 aromatic rings. The number of rotatable bonds is 3. The van der Waals surface area contributed by atoms with Crippen LogP contribution in [0, 0.1) is 17.8 Å². The summed E-state index contributed by atoms with van der Waals surface area (Å²) >= 11 is 0. The minimum atomic E-state index is -0.834. The number of phenolic OH excluding ortho intramolecular Hbond substituents is 1. The number of amides is 1. The van der Waals surface area contributed by atoms with E-state index in [-0.39, 0.29) is 29.2 Å². The maximum atomic E-state index is 12.2. The first-order valence-corrected chi connectivity index (χ1v) is 6.89. The van der Waals surface area contributed by atoms with Gasteiger partial charge in [-0.3, -0.25) is 9.59 Å². The monoisotopic (exact) mass is 275 g/mol. The number of nitrogens with one attached hydrogen (secondary N) is 1. The molecule has 0 aliphatic heterocycles. The van der Waals surface area contributed by atoms with Gasteiger partial charge in [-0.25, -0.2) is 0 Å². The minimum absolute atomic E-state index is 0.0833. The van der Waals surface area contributed by atoms with E-state index in [9.17, 15) is 19.8 Å². The number of fused-ring (bicyclic) bond motifs is 2. The fourth-order valence-electron chi connectivity index (χ4n) is 3.75. The number of carbonyl (C=O) groups is 2. The van der Waals surface area contributed by atoms with Crippen LogP contribution in [0.25, 0.3) is 0 Å². The molecule has 2 aliphatic rings. The van der Waals surface area contributed by atoms with Gasteiger partial charge in [0.2, 0.25) is 0 Å². The first kappa shape index (κ1) is 13.0. The Hall–Kier alpha value is -2.04. The van der Waals surface area contributed by atoms with E-state index in [1.54, 1.807) is 12.1 Å². The van der Waals surface area contributed by atoms with Crippen LogP contribution < -0.4 is 5.32 Å². The summed E-state index contributed by atoms with van der Waals surface area (Å²) in [6.45, 7) is 0. The Balaban J connectivity index is 1.79. The van der Waals surface area contributed by atoms with Gasteiger partial charge in [0.05, 0.1) is 11.5 Å². The second-order valence-electron chi connectivity index (χ2n) is 5.71. The van der Waals surface area contributed by atoms with Gasteiger partial charge in [-0.15, -0.1) is 0 Å². The molecule has 2 aliphatic carbocycles. The lowest BCUT2D eigenvalue weighted by atomic mass is 9.84. The maximum Gasteiger partial charge on any atom is 0.308 e. The molecule has 1 aromatic carbocycles. The molecule has 0 saturated heterocycles. The van der Waals surface area contributed by atoms with Gasteiger partial charge in [0.25, 0.3) is 5.91 Å². The molecule has 2 bridgehead atoms. The van der Waals surface area contributed by atoms with E-state index in [0.717, 1.165) is 19.3 Å². The predicted molar refractivity (Wildman–Crippen MR) is 71.3 cm³/mol. The third-order valence-electron chi connectivity index (χ3n) is 4.65. The summed E-state index contributed by atoms with van der Waals surface area (Å²) in [6.07, 6.45) is 2.79. The first-order valence-electron chi connectivity index (χ1n) is 6.89. The molecule has 0 heterocycles. The molecule has 1 amide bonds. The Kier molecular flexibility index (Phi) is 3.12. The van der Waals surface area contributed by atoms with Crippen molar-refractivity contribution in [1.82, 2.24) is 5.32 Å². The average molecular weight is 275 g/mol. The van der Waals surface area contributed by atoms with Crippen LogP contribution in [0.1, 0.15) is 29.6 Å². The Bertz CT molecular complexity index is 557. The van der Waals surface area contributed by atoms with E-state index >= 15 is 0 Å². The molecule has 4 atom stereocenters. The average Bonchev–Trinajstić information content (AvgIpc) is 2.99. The molecule has 0 aromatic heterocycles. The number of benzene rings is 1. The number of hydrogen-bond acceptors (Lipinski definition) is 3. The van der Waals surface area contributed by atoms with E-state index in [0.29, 0.717) is 0 Å². The van der Waals surface area contributed by atoms with Crippen molar-refractivity contribution >= 4 is 11.9 Å². The van der Waals surface area contributed by atoms with Gasteiger partial charge in [0.15, 0.2) is 0 Å². The number of carbonyl (C=O) groups excluding carboxylic acids is 1. The van der Waals surface area contributed by atoms with Gasteiger partial charge >= 0.3 is 5.97 Å². The van der Waals surface area contributed by atoms with E-state index in [2.05, 4.69) is 5.32 Å². The highest BCUT2D eigenvalue weighted by atomic mass is 16.4. The lowest BCUT2D eigenvalue weighted by molar-refractivity contribution is -0.144. The van der Waals surface area contributed by atoms with E-state index in [1.165, 1.54) is 12.1 Å². The molecular weight excluding hydrogens is 258 g/mol. The zero-order valence-electron chi connectivity index (χ0n) is 11.0. The molecular formula is C15H17NO4. The van der Waals surface area contributed by atoms with Crippen molar-refractivity contribution in [2.24, 2.45) is 17.8 Å². The summed E-state index contributed by atoms with van der Waals surface area (Å²) in [5.41, 5.74) is 0.194. The Morgan fingerprint density at radius 1 is 1.15 bits per heavy atom. The first-order chi connectivity index (χ1) is 9.58. The number of hydrogen-bond donors (Lipinski definition) is 3. The van der Waals surface area contributed by atoms with Gasteiger partial charge in [0, 0.05) is 6.04 Å². The number of aliphatic carboxylic acids is 1. The normalized spacial score (nSPS) is 31.2. The van der Waals surface area contributed by atoms with Crippen molar-refractivity contribution in [2.75, 3.05) is 0 Å². The van der Waals surface area contributed by atoms with Crippen LogP contribution in [-0.2, 0) is 4.79 Å². The van der Waals surface area contributed by atoms with Crippen molar-refractivity contribution in [1.29, 1.82) is 0 Å². The fourth-order valence-corrected chi connectivity index (χ4v) is 3.75. The van der Waals surface area contributed by atoms with Crippen LogP contribution in [0.3, 0.4) is 0 Å². The summed E-state index contributed by atoms with van der Waals surface area (Å²) in [5.74, 6) is -1.39. The zero-order valence-corrected chi connectivity index (χ0v) is 11.0. The predicted octanol–water partition coefficient (Wildman–Crippen LogP) is 1.62. The Morgan fingerprint density at radius 3 is 2.55 bits per heavy atom. The van der Waals surface area contributed by atoms with Gasteiger partial charge in [-0.2, -0.15) is 0 Å². The Morgan fingerprint density at radius 2 is 1.85 bits per heavy atom. The van der Waals surface area contributed by atoms with Crippen molar-refractivity contribution in [2.45, 2.75) is 25.3 Å². The lowest BCUT2D eigenvalue weighted by Gasteiger charge is -2.28. The number of para-hydroxylation sites is 1. The van der Waals surface area contributed by atoms with Crippen molar-refractivity contribution in [3.05, 3.63) is 29.8 Å². The molecule has 5 heteroatoms. The van der Waals surface area contributed by atoms with Crippen molar-refractivity contribution < 1.29 is 19.8 Å². The van der Waals surface area contributed by atoms with E-state index < -0.39 is 17.8 Å². The van der Waals surface area contributed by atoms with E-state index in [4.69, 9.17) is 0 Å². The number of carboxylic acid groups (broad SMARTS) is 1. The number of carboxylic acids is 1. The smallest absolute Gasteiger partial charge is 0.308 e. The van der Waals surface area contributed by atoms with Crippen LogP contribution in [0.2, 0.25) is 0 Å². The van der Waals surface area contributed by atoms with Crippen LogP contribution in [0.5, 0.6) is 5.75 Å². The zero-order chi connectivity index (χ0) is 14.3. The molecule has 106 valence electrons. The highest BCUT2D eigenvalue weighted by Gasteiger charge is 2.51. The second-order valence-corrected chi connectivity index (χ2v) is 5.71. The SMILES string of the molecule is O=C(NC1C2CCC(C2)C1C(=O)O)c1ccccc1O. The quantitative estimate of drug-likeness (QED) is 0.782. The minimum Gasteiger partial charge on any atom is -0.507 e. The fraction of sp³-hybridized carbons (Fsp3) is 0.467. The van der Waals surface area contributed by atoms with Crippen LogP contribution in [0.4, 0.5) is 0 Å². The molecule has 2 fully saturated rings. The molecule has 0 spiro atoms. The van der Waals surface area contributed by atoms with Gasteiger partial charge in [0.1, 0.15) is 5.75 Å². The Labute approximate surface area is 116 Å².